The molecule has 2 atom stereocenters. The molecule has 0 aliphatic carbocycles. The third-order valence-electron chi connectivity index (χ3n) is 13.4. The van der Waals surface area contributed by atoms with Gasteiger partial charge in [0.15, 0.2) is 6.10 Å². The molecule has 510 valence electrons. The van der Waals surface area contributed by atoms with Gasteiger partial charge in [0, 0.05) is 12.8 Å². The van der Waals surface area contributed by atoms with Gasteiger partial charge in [-0.3, -0.25) is 18.6 Å². The van der Waals surface area contributed by atoms with Crippen LogP contribution in [0.25, 0.3) is 0 Å². The fraction of sp³-hybridized carbons (Fsp3) is 0.488. The molecule has 0 aromatic heterocycles. The molecule has 0 aromatic rings. The maximum absolute atomic E-state index is 12.9. The summed E-state index contributed by atoms with van der Waals surface area (Å²) in [5.41, 5.74) is 0. The summed E-state index contributed by atoms with van der Waals surface area (Å²) >= 11 is 0. The average Bonchev–Trinajstić information content (AvgIpc) is 2.34. The highest BCUT2D eigenvalue weighted by Gasteiger charge is 2.27. The Kier molecular flexibility index (Phi) is 64.5. The Hall–Kier alpha value is -6.19. The molecule has 2 unspecified atom stereocenters. The smallest absolute Gasteiger partial charge is 0.462 e. The van der Waals surface area contributed by atoms with Crippen LogP contribution in [-0.4, -0.2) is 74.9 Å². The molecule has 1 N–H and O–H groups in total. The second-order valence-electron chi connectivity index (χ2n) is 23.1. The zero-order valence-corrected chi connectivity index (χ0v) is 58.8. The minimum atomic E-state index is -4.43. The minimum absolute atomic E-state index is 0.00396. The molecule has 0 bridgehead atoms. The van der Waals surface area contributed by atoms with Crippen molar-refractivity contribution in [3.05, 3.63) is 243 Å². The number of phosphoric acid groups is 1. The van der Waals surface area contributed by atoms with Crippen LogP contribution in [0.15, 0.2) is 243 Å². The average molecular weight is 1280 g/mol. The van der Waals surface area contributed by atoms with Gasteiger partial charge in [-0.1, -0.05) is 270 Å². The highest BCUT2D eigenvalue weighted by molar-refractivity contribution is 7.47. The monoisotopic (exact) mass is 1280 g/mol. The van der Waals surface area contributed by atoms with Gasteiger partial charge in [-0.05, 0) is 167 Å². The number of carbonyl (C=O) groups excluding carboxylic acids is 2. The molecule has 0 spiro atoms. The van der Waals surface area contributed by atoms with Crippen molar-refractivity contribution in [1.29, 1.82) is 0 Å². The molecule has 0 aliphatic heterocycles. The van der Waals surface area contributed by atoms with Crippen molar-refractivity contribution in [2.24, 2.45) is 0 Å². The lowest BCUT2D eigenvalue weighted by Crippen LogP contribution is -2.37. The molecule has 92 heavy (non-hydrogen) atoms. The summed E-state index contributed by atoms with van der Waals surface area (Å²) in [6, 6.07) is 0. The fourth-order valence-electron chi connectivity index (χ4n) is 8.13. The van der Waals surface area contributed by atoms with Crippen molar-refractivity contribution in [2.75, 3.05) is 47.5 Å². The number of ether oxygens (including phenoxy) is 2. The lowest BCUT2D eigenvalue weighted by molar-refractivity contribution is -0.870. The van der Waals surface area contributed by atoms with E-state index in [1.54, 1.807) is 0 Å². The van der Waals surface area contributed by atoms with E-state index in [2.05, 4.69) is 257 Å². The standard InChI is InChI=1S/C82H124NO8P/c1-6-8-10-12-14-16-18-20-22-24-26-28-30-32-34-36-38-39-40-41-42-43-45-47-49-51-53-55-57-59-61-63-65-67-69-71-73-75-82(85)91-80(79-90-92(86,87)89-77-76-83(3,4)5)78-88-81(84)74-72-70-68-66-64-62-60-58-56-54-52-50-48-46-44-37-35-33-31-29-27-25-23-21-19-17-15-13-11-9-7-2/h8-11,14-17,20-23,26-29,32-35,38-39,41-42,44-47,50-53,56-59,62-65,80H,6-7,12-13,18-19,24-25,30-31,36-37,40,43,48-49,54-55,60-61,66-79H2,1-5H3/p+1/b10-8-,11-9-,16-14-,17-15-,22-20-,23-21-,28-26-,29-27-,34-32-,35-33-,39-38-,42-41-,46-44-,47-45-,52-50-,53-51-,58-56-,59-57-,64-62-,65-63-. The first kappa shape index (κ1) is 85.8. The highest BCUT2D eigenvalue weighted by Crippen LogP contribution is 2.43. The number of nitrogens with zero attached hydrogens (tertiary/aromatic N) is 1. The molecule has 0 amide bonds. The predicted octanol–water partition coefficient (Wildman–Crippen LogP) is 23.1. The molecule has 0 rings (SSSR count). The molecule has 0 aromatic carbocycles. The van der Waals surface area contributed by atoms with E-state index in [9.17, 15) is 19.0 Å². The largest absolute Gasteiger partial charge is 0.472 e. The number of carbonyl (C=O) groups is 2. The zero-order chi connectivity index (χ0) is 66.9. The first-order valence-electron chi connectivity index (χ1n) is 34.8. The summed E-state index contributed by atoms with van der Waals surface area (Å²) in [4.78, 5) is 35.8. The van der Waals surface area contributed by atoms with Crippen molar-refractivity contribution < 1.29 is 42.1 Å². The Balaban J connectivity index is 4.31. The Labute approximate surface area is 562 Å². The molecular formula is C82H125NO8P+. The topological polar surface area (TPSA) is 108 Å². The van der Waals surface area contributed by atoms with Gasteiger partial charge in [0.05, 0.1) is 27.7 Å². The minimum Gasteiger partial charge on any atom is -0.462 e. The van der Waals surface area contributed by atoms with Gasteiger partial charge in [0.25, 0.3) is 0 Å². The van der Waals surface area contributed by atoms with E-state index in [1.165, 1.54) is 0 Å². The first-order valence-corrected chi connectivity index (χ1v) is 36.3. The number of hydrogen-bond acceptors (Lipinski definition) is 7. The van der Waals surface area contributed by atoms with E-state index in [-0.39, 0.29) is 26.1 Å². The third-order valence-corrected chi connectivity index (χ3v) is 14.4. The van der Waals surface area contributed by atoms with Gasteiger partial charge in [0.2, 0.25) is 0 Å². The number of likely N-dealkylation sites (N-methyl/N-ethyl adjacent to an activating group) is 1. The Bertz CT molecular complexity index is 2450. The van der Waals surface area contributed by atoms with Crippen LogP contribution < -0.4 is 0 Å². The van der Waals surface area contributed by atoms with Gasteiger partial charge in [-0.15, -0.1) is 0 Å². The summed E-state index contributed by atoms with van der Waals surface area (Å²) in [7, 11) is 1.39. The summed E-state index contributed by atoms with van der Waals surface area (Å²) in [6.45, 7) is 4.08. The summed E-state index contributed by atoms with van der Waals surface area (Å²) < 4.78 is 34.6. The van der Waals surface area contributed by atoms with Crippen LogP contribution in [0.5, 0.6) is 0 Å². The molecule has 0 saturated heterocycles. The van der Waals surface area contributed by atoms with Crippen molar-refractivity contribution in [3.63, 3.8) is 0 Å². The summed E-state index contributed by atoms with van der Waals surface area (Å²) in [6.07, 6.45) is 114. The molecule has 0 heterocycles. The van der Waals surface area contributed by atoms with E-state index in [0.717, 1.165) is 167 Å². The number of hydrogen-bond donors (Lipinski definition) is 1. The summed E-state index contributed by atoms with van der Waals surface area (Å²) in [5, 5.41) is 0. The van der Waals surface area contributed by atoms with Crippen LogP contribution in [0, 0.1) is 0 Å². The van der Waals surface area contributed by atoms with Crippen molar-refractivity contribution in [3.8, 4) is 0 Å². The Morgan fingerprint density at radius 1 is 0.337 bits per heavy atom. The normalized spacial score (nSPS) is 14.6. The van der Waals surface area contributed by atoms with E-state index >= 15 is 0 Å². The lowest BCUT2D eigenvalue weighted by Gasteiger charge is -2.24. The van der Waals surface area contributed by atoms with Crippen LogP contribution in [0.1, 0.15) is 206 Å². The molecule has 0 saturated carbocycles. The first-order chi connectivity index (χ1) is 45.0. The molecular weight excluding hydrogens is 1160 g/mol. The van der Waals surface area contributed by atoms with Crippen molar-refractivity contribution >= 4 is 19.8 Å². The van der Waals surface area contributed by atoms with Gasteiger partial charge in [-0.2, -0.15) is 0 Å². The number of quaternary nitrogens is 1. The molecule has 0 radical (unpaired) electrons. The Morgan fingerprint density at radius 3 is 0.848 bits per heavy atom. The van der Waals surface area contributed by atoms with Crippen LogP contribution >= 0.6 is 7.82 Å². The Morgan fingerprint density at radius 2 is 0.587 bits per heavy atom. The molecule has 0 fully saturated rings. The van der Waals surface area contributed by atoms with Crippen molar-refractivity contribution in [2.45, 2.75) is 213 Å². The number of rotatable bonds is 60. The maximum atomic E-state index is 12.9. The van der Waals surface area contributed by atoms with E-state index in [0.29, 0.717) is 23.9 Å². The van der Waals surface area contributed by atoms with Crippen LogP contribution in [0.2, 0.25) is 0 Å². The predicted molar refractivity (Wildman–Crippen MR) is 398 cm³/mol. The number of allylic oxidation sites excluding steroid dienone is 40. The fourth-order valence-corrected chi connectivity index (χ4v) is 8.87. The van der Waals surface area contributed by atoms with Crippen LogP contribution in [0.3, 0.4) is 0 Å². The second-order valence-corrected chi connectivity index (χ2v) is 24.5. The lowest BCUT2D eigenvalue weighted by atomic mass is 10.1. The van der Waals surface area contributed by atoms with Gasteiger partial charge in [-0.25, -0.2) is 4.57 Å². The summed E-state index contributed by atoms with van der Waals surface area (Å²) in [5.74, 6) is -0.898. The SMILES string of the molecule is CC/C=C\C/C=C\C/C=C\C/C=C\C/C=C\C/C=C\C/C=C\C/C=C\C/C=C\C/C=C\C/C=C\CCCCCC(=O)OC(COC(=O)CCCCC/C=C\C/C=C\C/C=C\C/C=C\C/C=C\C/C=C\C/C=C\C/C=C\C/C=C\CC)COP(=O)(O)OCC[N+](C)(C)C. The molecule has 0 aliphatic rings. The number of phosphoric ester groups is 1. The second kappa shape index (κ2) is 69.2. The highest BCUT2D eigenvalue weighted by atomic mass is 31.2. The van der Waals surface area contributed by atoms with Crippen LogP contribution in [-0.2, 0) is 32.7 Å². The maximum Gasteiger partial charge on any atom is 0.472 e. The van der Waals surface area contributed by atoms with Gasteiger partial charge in [0.1, 0.15) is 19.8 Å². The molecule has 9 nitrogen and oxygen atoms in total. The number of unbranched alkanes of at least 4 members (excludes halogenated alkanes) is 6. The van der Waals surface area contributed by atoms with Gasteiger partial charge >= 0.3 is 19.8 Å². The zero-order valence-electron chi connectivity index (χ0n) is 57.9. The van der Waals surface area contributed by atoms with Crippen LogP contribution in [0.4, 0.5) is 0 Å². The van der Waals surface area contributed by atoms with Gasteiger partial charge < -0.3 is 18.9 Å². The van der Waals surface area contributed by atoms with Crippen molar-refractivity contribution in [1.82, 2.24) is 0 Å². The van der Waals surface area contributed by atoms with E-state index in [4.69, 9.17) is 18.5 Å². The molecule has 10 heteroatoms. The van der Waals surface area contributed by atoms with E-state index < -0.39 is 32.5 Å². The third kappa shape index (κ3) is 72.9. The quantitative estimate of drug-likeness (QED) is 0.0211. The van der Waals surface area contributed by atoms with E-state index in [1.807, 2.05) is 21.1 Å². The number of esters is 2.